The van der Waals surface area contributed by atoms with Crippen LogP contribution in [-0.2, 0) is 14.8 Å². The van der Waals surface area contributed by atoms with Gasteiger partial charge in [0.25, 0.3) is 5.91 Å². The van der Waals surface area contributed by atoms with Crippen molar-refractivity contribution in [2.45, 2.75) is 24.8 Å². The van der Waals surface area contributed by atoms with Gasteiger partial charge in [-0.05, 0) is 42.3 Å². The summed E-state index contributed by atoms with van der Waals surface area (Å²) in [7, 11) is -4.20. The first-order valence-electron chi connectivity index (χ1n) is 10.3. The molecular weight excluding hydrogens is 459 g/mol. The number of amides is 2. The number of halogens is 3. The van der Waals surface area contributed by atoms with Gasteiger partial charge >= 0.3 is 0 Å². The fourth-order valence-corrected chi connectivity index (χ4v) is 4.98. The Morgan fingerprint density at radius 2 is 1.48 bits per heavy atom. The highest BCUT2D eigenvalue weighted by Gasteiger charge is 2.35. The molecule has 33 heavy (non-hydrogen) atoms. The van der Waals surface area contributed by atoms with E-state index in [4.69, 9.17) is 0 Å². The zero-order chi connectivity index (χ0) is 24.3. The van der Waals surface area contributed by atoms with E-state index in [1.165, 1.54) is 17.0 Å². The summed E-state index contributed by atoms with van der Waals surface area (Å²) in [6.07, 6.45) is 0. The molecule has 1 fully saturated rings. The molecule has 1 N–H and O–H groups in total. The van der Waals surface area contributed by atoms with E-state index in [-0.39, 0.29) is 43.6 Å². The standard InChI is InChI=1S/C22H24F3N3O4S/c1-14(2)20(26-21(29)15-3-5-16(23)6-4-15)22(30)27-9-11-28(12-10-27)33(31,32)19-8-7-17(24)13-18(19)25/h3-8,13-14,20H,9-12H2,1-2H3,(H,26,29)/t20-/m0/s1. The number of piperazine rings is 1. The summed E-state index contributed by atoms with van der Waals surface area (Å²) in [4.78, 5) is 26.4. The quantitative estimate of drug-likeness (QED) is 0.684. The summed E-state index contributed by atoms with van der Waals surface area (Å²) >= 11 is 0. The molecule has 178 valence electrons. The highest BCUT2D eigenvalue weighted by molar-refractivity contribution is 7.89. The van der Waals surface area contributed by atoms with Crippen LogP contribution in [0.2, 0.25) is 0 Å². The van der Waals surface area contributed by atoms with Crippen LogP contribution in [0.3, 0.4) is 0 Å². The minimum Gasteiger partial charge on any atom is -0.340 e. The number of hydrogen-bond donors (Lipinski definition) is 1. The van der Waals surface area contributed by atoms with Crippen molar-refractivity contribution >= 4 is 21.8 Å². The number of nitrogens with zero attached hydrogens (tertiary/aromatic N) is 2. The molecule has 0 saturated carbocycles. The highest BCUT2D eigenvalue weighted by Crippen LogP contribution is 2.22. The number of hydrogen-bond acceptors (Lipinski definition) is 4. The Hall–Kier alpha value is -2.92. The summed E-state index contributed by atoms with van der Waals surface area (Å²) in [6.45, 7) is 3.42. The Balaban J connectivity index is 1.67. The lowest BCUT2D eigenvalue weighted by Gasteiger charge is -2.36. The lowest BCUT2D eigenvalue weighted by atomic mass is 10.0. The van der Waals surface area contributed by atoms with E-state index in [0.29, 0.717) is 6.07 Å². The fraction of sp³-hybridized carbons (Fsp3) is 0.364. The number of sulfonamides is 1. The third kappa shape index (κ3) is 5.53. The average Bonchev–Trinajstić information content (AvgIpc) is 2.77. The first-order valence-corrected chi connectivity index (χ1v) is 11.7. The van der Waals surface area contributed by atoms with E-state index < -0.39 is 44.3 Å². The van der Waals surface area contributed by atoms with Crippen LogP contribution >= 0.6 is 0 Å². The van der Waals surface area contributed by atoms with Crippen molar-refractivity contribution in [2.75, 3.05) is 26.2 Å². The molecule has 11 heteroatoms. The Morgan fingerprint density at radius 3 is 2.03 bits per heavy atom. The lowest BCUT2D eigenvalue weighted by molar-refractivity contribution is -0.135. The van der Waals surface area contributed by atoms with E-state index in [9.17, 15) is 31.2 Å². The third-order valence-electron chi connectivity index (χ3n) is 5.39. The summed E-state index contributed by atoms with van der Waals surface area (Å²) in [5, 5.41) is 2.66. The van der Waals surface area contributed by atoms with Crippen LogP contribution < -0.4 is 5.32 Å². The molecule has 3 rings (SSSR count). The molecular formula is C22H24F3N3O4S. The van der Waals surface area contributed by atoms with Gasteiger partial charge in [0.2, 0.25) is 15.9 Å². The normalized spacial score (nSPS) is 16.0. The maximum absolute atomic E-state index is 14.0. The van der Waals surface area contributed by atoms with Gasteiger partial charge in [-0.1, -0.05) is 13.8 Å². The van der Waals surface area contributed by atoms with Crippen molar-refractivity contribution in [3.8, 4) is 0 Å². The van der Waals surface area contributed by atoms with E-state index in [1.807, 2.05) is 0 Å². The predicted molar refractivity (Wildman–Crippen MR) is 114 cm³/mol. The van der Waals surface area contributed by atoms with Gasteiger partial charge in [-0.25, -0.2) is 21.6 Å². The molecule has 1 heterocycles. The Bertz CT molecular complexity index is 1130. The highest BCUT2D eigenvalue weighted by atomic mass is 32.2. The molecule has 0 aliphatic carbocycles. The molecule has 0 aromatic heterocycles. The molecule has 0 unspecified atom stereocenters. The van der Waals surface area contributed by atoms with Gasteiger partial charge in [-0.2, -0.15) is 4.31 Å². The number of carbonyl (C=O) groups excluding carboxylic acids is 2. The maximum Gasteiger partial charge on any atom is 0.251 e. The monoisotopic (exact) mass is 483 g/mol. The minimum absolute atomic E-state index is 0.0382. The van der Waals surface area contributed by atoms with Gasteiger partial charge in [0.15, 0.2) is 0 Å². The van der Waals surface area contributed by atoms with Gasteiger partial charge in [-0.15, -0.1) is 0 Å². The number of rotatable bonds is 6. The fourth-order valence-electron chi connectivity index (χ4n) is 3.51. The number of benzene rings is 2. The Morgan fingerprint density at radius 1 is 0.909 bits per heavy atom. The first kappa shape index (κ1) is 24.7. The van der Waals surface area contributed by atoms with Gasteiger partial charge in [0, 0.05) is 37.8 Å². The van der Waals surface area contributed by atoms with E-state index in [0.717, 1.165) is 28.6 Å². The van der Waals surface area contributed by atoms with Gasteiger partial charge in [-0.3, -0.25) is 9.59 Å². The van der Waals surface area contributed by atoms with Gasteiger partial charge in [0.05, 0.1) is 0 Å². The molecule has 0 radical (unpaired) electrons. The molecule has 1 saturated heterocycles. The van der Waals surface area contributed by atoms with Crippen molar-refractivity contribution in [1.82, 2.24) is 14.5 Å². The smallest absolute Gasteiger partial charge is 0.251 e. The van der Waals surface area contributed by atoms with Crippen LogP contribution in [0.1, 0.15) is 24.2 Å². The zero-order valence-electron chi connectivity index (χ0n) is 18.1. The van der Waals surface area contributed by atoms with Crippen molar-refractivity contribution in [3.05, 3.63) is 65.5 Å². The Labute approximate surface area is 190 Å². The molecule has 1 aliphatic rings. The van der Waals surface area contributed by atoms with E-state index >= 15 is 0 Å². The summed E-state index contributed by atoms with van der Waals surface area (Å²) in [5.74, 6) is -3.74. The summed E-state index contributed by atoms with van der Waals surface area (Å²) in [5.41, 5.74) is 0.201. The van der Waals surface area contributed by atoms with Crippen LogP contribution in [-0.4, -0.2) is 61.7 Å². The SMILES string of the molecule is CC(C)[C@H](NC(=O)c1ccc(F)cc1)C(=O)N1CCN(S(=O)(=O)c2ccc(F)cc2F)CC1. The van der Waals surface area contributed by atoms with Crippen molar-refractivity contribution in [1.29, 1.82) is 0 Å². The molecule has 0 bridgehead atoms. The van der Waals surface area contributed by atoms with Crippen LogP contribution in [0.4, 0.5) is 13.2 Å². The molecule has 2 aromatic rings. The maximum atomic E-state index is 14.0. The van der Waals surface area contributed by atoms with Crippen LogP contribution in [0, 0.1) is 23.4 Å². The van der Waals surface area contributed by atoms with E-state index in [2.05, 4.69) is 5.32 Å². The van der Waals surface area contributed by atoms with Crippen molar-refractivity contribution in [3.63, 3.8) is 0 Å². The number of carbonyl (C=O) groups is 2. The van der Waals surface area contributed by atoms with Gasteiger partial charge in [0.1, 0.15) is 28.4 Å². The van der Waals surface area contributed by atoms with Crippen molar-refractivity contribution < 1.29 is 31.2 Å². The predicted octanol–water partition coefficient (Wildman–Crippen LogP) is 2.39. The van der Waals surface area contributed by atoms with E-state index in [1.54, 1.807) is 13.8 Å². The second kappa shape index (κ2) is 9.92. The van der Waals surface area contributed by atoms with Gasteiger partial charge < -0.3 is 10.2 Å². The van der Waals surface area contributed by atoms with Crippen molar-refractivity contribution in [2.24, 2.45) is 5.92 Å². The lowest BCUT2D eigenvalue weighted by Crippen LogP contribution is -2.57. The molecule has 0 spiro atoms. The number of nitrogens with one attached hydrogen (secondary N) is 1. The zero-order valence-corrected chi connectivity index (χ0v) is 18.9. The largest absolute Gasteiger partial charge is 0.340 e. The second-order valence-corrected chi connectivity index (χ2v) is 9.91. The first-order chi connectivity index (χ1) is 15.5. The van der Waals surface area contributed by atoms with Crippen LogP contribution in [0.25, 0.3) is 0 Å². The Kier molecular flexibility index (Phi) is 7.43. The van der Waals surface area contributed by atoms with Crippen LogP contribution in [0.5, 0.6) is 0 Å². The molecule has 2 aromatic carbocycles. The third-order valence-corrected chi connectivity index (χ3v) is 7.32. The molecule has 1 atom stereocenters. The minimum atomic E-state index is -4.20. The molecule has 1 aliphatic heterocycles. The van der Waals surface area contributed by atoms with Crippen LogP contribution in [0.15, 0.2) is 47.4 Å². The topological polar surface area (TPSA) is 86.8 Å². The summed E-state index contributed by atoms with van der Waals surface area (Å²) in [6, 6.07) is 6.28. The average molecular weight is 484 g/mol. The molecule has 7 nitrogen and oxygen atoms in total. The molecule has 2 amide bonds. The summed E-state index contributed by atoms with van der Waals surface area (Å²) < 4.78 is 66.8. The second-order valence-electron chi connectivity index (χ2n) is 8.01.